The van der Waals surface area contributed by atoms with Crippen molar-refractivity contribution in [3.63, 3.8) is 0 Å². The predicted octanol–water partition coefficient (Wildman–Crippen LogP) is 3.83. The summed E-state index contributed by atoms with van der Waals surface area (Å²) in [5.41, 5.74) is 0.571. The fraction of sp³-hybridized carbons (Fsp3) is 0.350. The van der Waals surface area contributed by atoms with Gasteiger partial charge in [0.2, 0.25) is 0 Å². The van der Waals surface area contributed by atoms with Gasteiger partial charge in [0.15, 0.2) is 11.6 Å². The number of hydrogen-bond acceptors (Lipinski definition) is 3. The Balaban J connectivity index is 1.66. The molecule has 1 heterocycles. The van der Waals surface area contributed by atoms with Crippen LogP contribution in [0.1, 0.15) is 23.2 Å². The first kappa shape index (κ1) is 18.3. The standard InChI is InChI=1S/C20H22F2N2O2/c1-23-12-14-3-2-10-24(13-14)20(25)15-4-7-17(8-5-15)26-19-9-6-16(21)11-18(19)22/h4-9,11,14,23H,2-3,10,12-13H2,1H3. The topological polar surface area (TPSA) is 41.6 Å². The molecule has 3 rings (SSSR count). The van der Waals surface area contributed by atoms with E-state index in [1.54, 1.807) is 24.3 Å². The lowest BCUT2D eigenvalue weighted by atomic mass is 9.97. The van der Waals surface area contributed by atoms with Crippen molar-refractivity contribution in [2.24, 2.45) is 5.92 Å². The van der Waals surface area contributed by atoms with Crippen molar-refractivity contribution >= 4 is 5.91 Å². The normalized spacial score (nSPS) is 17.2. The van der Waals surface area contributed by atoms with E-state index >= 15 is 0 Å². The zero-order valence-electron chi connectivity index (χ0n) is 14.7. The second-order valence-electron chi connectivity index (χ2n) is 6.52. The first-order valence-electron chi connectivity index (χ1n) is 8.73. The molecule has 0 aromatic heterocycles. The molecule has 1 aliphatic heterocycles. The summed E-state index contributed by atoms with van der Waals surface area (Å²) in [6.45, 7) is 2.41. The number of hydrogen-bond donors (Lipinski definition) is 1. The molecule has 1 unspecified atom stereocenters. The van der Waals surface area contributed by atoms with E-state index in [1.807, 2.05) is 11.9 Å². The molecule has 26 heavy (non-hydrogen) atoms. The van der Waals surface area contributed by atoms with E-state index < -0.39 is 11.6 Å². The maximum absolute atomic E-state index is 13.7. The van der Waals surface area contributed by atoms with Crippen molar-refractivity contribution in [2.75, 3.05) is 26.7 Å². The summed E-state index contributed by atoms with van der Waals surface area (Å²) in [5, 5.41) is 3.17. The number of carbonyl (C=O) groups excluding carboxylic acids is 1. The van der Waals surface area contributed by atoms with Crippen molar-refractivity contribution < 1.29 is 18.3 Å². The Labute approximate surface area is 151 Å². The van der Waals surface area contributed by atoms with Crippen molar-refractivity contribution in [3.05, 3.63) is 59.7 Å². The quantitative estimate of drug-likeness (QED) is 0.881. The van der Waals surface area contributed by atoms with E-state index in [-0.39, 0.29) is 11.7 Å². The first-order chi connectivity index (χ1) is 12.6. The third-order valence-electron chi connectivity index (χ3n) is 4.52. The third-order valence-corrected chi connectivity index (χ3v) is 4.52. The second kappa shape index (κ2) is 8.27. The number of halogens is 2. The summed E-state index contributed by atoms with van der Waals surface area (Å²) >= 11 is 0. The summed E-state index contributed by atoms with van der Waals surface area (Å²) in [4.78, 5) is 14.5. The van der Waals surface area contributed by atoms with Crippen LogP contribution >= 0.6 is 0 Å². The molecule has 138 valence electrons. The smallest absolute Gasteiger partial charge is 0.253 e. The summed E-state index contributed by atoms with van der Waals surface area (Å²) in [6.07, 6.45) is 2.13. The SMILES string of the molecule is CNCC1CCCN(C(=O)c2ccc(Oc3ccc(F)cc3F)cc2)C1. The maximum Gasteiger partial charge on any atom is 0.253 e. The fourth-order valence-electron chi connectivity index (χ4n) is 3.24. The Hall–Kier alpha value is -2.47. The van der Waals surface area contributed by atoms with E-state index in [1.165, 1.54) is 6.07 Å². The average molecular weight is 360 g/mol. The number of piperidine rings is 1. The van der Waals surface area contributed by atoms with Gasteiger partial charge in [0.25, 0.3) is 5.91 Å². The number of likely N-dealkylation sites (tertiary alicyclic amines) is 1. The van der Waals surface area contributed by atoms with Crippen LogP contribution in [0.25, 0.3) is 0 Å². The highest BCUT2D eigenvalue weighted by molar-refractivity contribution is 5.94. The van der Waals surface area contributed by atoms with Crippen LogP contribution in [-0.2, 0) is 0 Å². The molecule has 1 aliphatic rings. The van der Waals surface area contributed by atoms with Crippen molar-refractivity contribution in [2.45, 2.75) is 12.8 Å². The molecular formula is C20H22F2N2O2. The van der Waals surface area contributed by atoms with Crippen LogP contribution < -0.4 is 10.1 Å². The Kier molecular flexibility index (Phi) is 5.83. The Morgan fingerprint density at radius 1 is 1.23 bits per heavy atom. The molecule has 0 spiro atoms. The van der Waals surface area contributed by atoms with Gasteiger partial charge in [0.1, 0.15) is 11.6 Å². The van der Waals surface area contributed by atoms with Gasteiger partial charge in [-0.25, -0.2) is 8.78 Å². The molecule has 0 aliphatic carbocycles. The molecule has 1 saturated heterocycles. The molecule has 4 nitrogen and oxygen atoms in total. The molecule has 1 amide bonds. The monoisotopic (exact) mass is 360 g/mol. The fourth-order valence-corrected chi connectivity index (χ4v) is 3.24. The summed E-state index contributed by atoms with van der Waals surface area (Å²) < 4.78 is 32.0. The van der Waals surface area contributed by atoms with Crippen LogP contribution in [-0.4, -0.2) is 37.5 Å². The lowest BCUT2D eigenvalue weighted by Gasteiger charge is -2.32. The Morgan fingerprint density at radius 3 is 2.69 bits per heavy atom. The van der Waals surface area contributed by atoms with Crippen LogP contribution in [0.5, 0.6) is 11.5 Å². The van der Waals surface area contributed by atoms with Crippen LogP contribution in [0.2, 0.25) is 0 Å². The number of ether oxygens (including phenoxy) is 1. The van der Waals surface area contributed by atoms with Crippen molar-refractivity contribution in [3.8, 4) is 11.5 Å². The van der Waals surface area contributed by atoms with Crippen molar-refractivity contribution in [1.82, 2.24) is 10.2 Å². The molecule has 0 bridgehead atoms. The first-order valence-corrected chi connectivity index (χ1v) is 8.73. The molecule has 2 aromatic carbocycles. The Morgan fingerprint density at radius 2 is 2.00 bits per heavy atom. The van der Waals surface area contributed by atoms with E-state index in [2.05, 4.69) is 5.32 Å². The van der Waals surface area contributed by atoms with Gasteiger partial charge in [0.05, 0.1) is 0 Å². The Bertz CT molecular complexity index is 763. The highest BCUT2D eigenvalue weighted by atomic mass is 19.1. The van der Waals surface area contributed by atoms with Gasteiger partial charge >= 0.3 is 0 Å². The summed E-state index contributed by atoms with van der Waals surface area (Å²) in [6, 6.07) is 9.70. The van der Waals surface area contributed by atoms with Gasteiger partial charge in [-0.2, -0.15) is 0 Å². The number of amides is 1. The molecular weight excluding hydrogens is 338 g/mol. The third kappa shape index (κ3) is 4.38. The van der Waals surface area contributed by atoms with Crippen LogP contribution in [0.3, 0.4) is 0 Å². The van der Waals surface area contributed by atoms with E-state index in [0.717, 1.165) is 44.6 Å². The maximum atomic E-state index is 13.7. The minimum Gasteiger partial charge on any atom is -0.454 e. The van der Waals surface area contributed by atoms with E-state index in [9.17, 15) is 13.6 Å². The van der Waals surface area contributed by atoms with Gasteiger partial charge in [0, 0.05) is 24.7 Å². The average Bonchev–Trinajstić information content (AvgIpc) is 2.65. The number of rotatable bonds is 5. The van der Waals surface area contributed by atoms with Gasteiger partial charge in [-0.05, 0) is 68.8 Å². The molecule has 1 atom stereocenters. The highest BCUT2D eigenvalue weighted by Gasteiger charge is 2.24. The molecule has 6 heteroatoms. The van der Waals surface area contributed by atoms with Gasteiger partial charge in [-0.3, -0.25) is 4.79 Å². The zero-order valence-corrected chi connectivity index (χ0v) is 14.7. The van der Waals surface area contributed by atoms with Crippen molar-refractivity contribution in [1.29, 1.82) is 0 Å². The second-order valence-corrected chi connectivity index (χ2v) is 6.52. The lowest BCUT2D eigenvalue weighted by molar-refractivity contribution is 0.0674. The zero-order chi connectivity index (χ0) is 18.5. The van der Waals surface area contributed by atoms with Gasteiger partial charge in [-0.1, -0.05) is 0 Å². The van der Waals surface area contributed by atoms with Crippen LogP contribution in [0.15, 0.2) is 42.5 Å². The molecule has 0 radical (unpaired) electrons. The number of nitrogens with zero attached hydrogens (tertiary/aromatic N) is 1. The van der Waals surface area contributed by atoms with E-state index in [0.29, 0.717) is 17.2 Å². The van der Waals surface area contributed by atoms with Gasteiger partial charge in [-0.15, -0.1) is 0 Å². The predicted molar refractivity (Wildman–Crippen MR) is 95.4 cm³/mol. The minimum absolute atomic E-state index is 0.00897. The molecule has 1 fully saturated rings. The van der Waals surface area contributed by atoms with E-state index in [4.69, 9.17) is 4.74 Å². The number of carbonyl (C=O) groups is 1. The minimum atomic E-state index is -0.769. The largest absolute Gasteiger partial charge is 0.454 e. The molecule has 1 N–H and O–H groups in total. The van der Waals surface area contributed by atoms with Gasteiger partial charge < -0.3 is 15.0 Å². The highest BCUT2D eigenvalue weighted by Crippen LogP contribution is 2.26. The number of nitrogens with one attached hydrogen (secondary N) is 1. The molecule has 2 aromatic rings. The number of benzene rings is 2. The van der Waals surface area contributed by atoms with Crippen LogP contribution in [0.4, 0.5) is 8.78 Å². The molecule has 0 saturated carbocycles. The summed E-state index contributed by atoms with van der Waals surface area (Å²) in [5.74, 6) is -0.634. The summed E-state index contributed by atoms with van der Waals surface area (Å²) in [7, 11) is 1.92. The lowest BCUT2D eigenvalue weighted by Crippen LogP contribution is -2.42. The van der Waals surface area contributed by atoms with Crippen LogP contribution in [0, 0.1) is 17.6 Å².